The lowest BCUT2D eigenvalue weighted by atomic mass is 9.98. The Kier molecular flexibility index (Phi) is 4.95. The summed E-state index contributed by atoms with van der Waals surface area (Å²) in [4.78, 5) is 12.8. The molecule has 1 amide bonds. The first-order chi connectivity index (χ1) is 13.3. The van der Waals surface area contributed by atoms with Crippen LogP contribution in [0, 0.1) is 0 Å². The number of carbonyl (C=O) groups excluding carboxylic acids is 1. The number of anilines is 1. The molecule has 148 valence electrons. The van der Waals surface area contributed by atoms with Crippen LogP contribution >= 0.6 is 11.6 Å². The van der Waals surface area contributed by atoms with E-state index in [1.165, 1.54) is 0 Å². The number of ether oxygens (including phenoxy) is 2. The molecule has 9 heteroatoms. The molecule has 0 aliphatic carbocycles. The number of sulfone groups is 1. The molecule has 0 saturated carbocycles. The molecule has 0 aromatic heterocycles. The molecule has 0 radical (unpaired) electrons. The van der Waals surface area contributed by atoms with Crippen molar-refractivity contribution in [3.8, 4) is 11.5 Å². The van der Waals surface area contributed by atoms with Gasteiger partial charge in [0.2, 0.25) is 5.91 Å². The third-order valence-corrected chi connectivity index (χ3v) is 7.08. The number of hydrogen-bond acceptors (Lipinski definition) is 6. The van der Waals surface area contributed by atoms with Crippen LogP contribution in [0.2, 0.25) is 5.02 Å². The van der Waals surface area contributed by atoms with E-state index in [-0.39, 0.29) is 6.42 Å². The number of aliphatic hydroxyl groups is 1. The number of nitrogens with one attached hydrogen (secondary N) is 1. The van der Waals surface area contributed by atoms with Crippen LogP contribution in [0.25, 0.3) is 0 Å². The lowest BCUT2D eigenvalue weighted by Gasteiger charge is -2.21. The van der Waals surface area contributed by atoms with Crippen LogP contribution < -0.4 is 14.8 Å². The van der Waals surface area contributed by atoms with Crippen molar-refractivity contribution >= 4 is 33.0 Å². The Labute approximate surface area is 167 Å². The Morgan fingerprint density at radius 3 is 2.43 bits per heavy atom. The lowest BCUT2D eigenvalue weighted by molar-refractivity contribution is -0.115. The van der Waals surface area contributed by atoms with Crippen LogP contribution in [-0.4, -0.2) is 43.6 Å². The molecule has 7 nitrogen and oxygen atoms in total. The number of rotatable bonds is 2. The van der Waals surface area contributed by atoms with Crippen molar-refractivity contribution in [1.82, 2.24) is 0 Å². The molecule has 2 aliphatic rings. The highest BCUT2D eigenvalue weighted by Gasteiger charge is 2.39. The first-order valence-corrected chi connectivity index (χ1v) is 10.8. The van der Waals surface area contributed by atoms with Gasteiger partial charge in [0.05, 0.1) is 11.9 Å². The van der Waals surface area contributed by atoms with Crippen LogP contribution in [-0.2, 0) is 21.1 Å². The van der Waals surface area contributed by atoms with Crippen molar-refractivity contribution in [1.29, 1.82) is 0 Å². The molecule has 2 heterocycles. The lowest BCUT2D eigenvalue weighted by Crippen LogP contribution is -2.37. The number of halogens is 1. The summed E-state index contributed by atoms with van der Waals surface area (Å²) in [5.74, 6) is -0.255. The molecule has 2 aromatic carbocycles. The van der Waals surface area contributed by atoms with Crippen molar-refractivity contribution < 1.29 is 27.8 Å². The molecule has 28 heavy (non-hydrogen) atoms. The van der Waals surface area contributed by atoms with E-state index < -0.39 is 32.9 Å². The Morgan fingerprint density at radius 2 is 1.75 bits per heavy atom. The van der Waals surface area contributed by atoms with Crippen molar-refractivity contribution in [2.45, 2.75) is 17.8 Å². The summed E-state index contributed by atoms with van der Waals surface area (Å²) in [6.07, 6.45) is -1.31. The van der Waals surface area contributed by atoms with Crippen molar-refractivity contribution in [2.75, 3.05) is 24.3 Å². The van der Waals surface area contributed by atoms with Gasteiger partial charge in [0.15, 0.2) is 21.3 Å². The van der Waals surface area contributed by atoms with Gasteiger partial charge in [0, 0.05) is 10.7 Å². The Hall–Kier alpha value is -2.29. The van der Waals surface area contributed by atoms with E-state index in [0.717, 1.165) is 0 Å². The van der Waals surface area contributed by atoms with Crippen LogP contribution in [0.5, 0.6) is 11.5 Å². The molecule has 2 aromatic rings. The quantitative estimate of drug-likeness (QED) is 0.767. The van der Waals surface area contributed by atoms with Crippen LogP contribution in [0.1, 0.15) is 17.2 Å². The first kappa shape index (κ1) is 19.0. The molecular formula is C19H18ClNO6S. The zero-order valence-electron chi connectivity index (χ0n) is 14.7. The van der Waals surface area contributed by atoms with Gasteiger partial charge in [0.25, 0.3) is 0 Å². The number of benzene rings is 2. The predicted molar refractivity (Wildman–Crippen MR) is 104 cm³/mol. The minimum Gasteiger partial charge on any atom is -0.486 e. The number of carbonyl (C=O) groups is 1. The number of hydrogen-bond donors (Lipinski definition) is 2. The second-order valence-corrected chi connectivity index (χ2v) is 9.39. The molecule has 4 rings (SSSR count). The summed E-state index contributed by atoms with van der Waals surface area (Å²) in [6, 6.07) is 9.63. The van der Waals surface area contributed by atoms with Gasteiger partial charge in [-0.2, -0.15) is 0 Å². The first-order valence-electron chi connectivity index (χ1n) is 8.72. The monoisotopic (exact) mass is 423 g/mol. The van der Waals surface area contributed by atoms with Gasteiger partial charge in [-0.05, 0) is 53.9 Å². The standard InChI is InChI=1S/C19H18ClNO6S/c20-12-1-3-13(4-2-12)21-19(23)18-8-11-7-16-17(27-6-5-26-16)9-14(11)15(22)10-28(18,24)25/h1-4,7,9,15,18,22H,5-6,8,10H2,(H,21,23). The highest BCUT2D eigenvalue weighted by Crippen LogP contribution is 2.38. The van der Waals surface area contributed by atoms with Gasteiger partial charge >= 0.3 is 0 Å². The number of fused-ring (bicyclic) bond motifs is 2. The molecule has 0 saturated heterocycles. The highest BCUT2D eigenvalue weighted by atomic mass is 35.5. The van der Waals surface area contributed by atoms with E-state index in [2.05, 4.69) is 5.32 Å². The average Bonchev–Trinajstić information content (AvgIpc) is 2.75. The Balaban J connectivity index is 1.67. The fraction of sp³-hybridized carbons (Fsp3) is 0.316. The molecule has 0 bridgehead atoms. The summed E-state index contributed by atoms with van der Waals surface area (Å²) >= 11 is 5.84. The van der Waals surface area contributed by atoms with E-state index in [9.17, 15) is 18.3 Å². The molecular weight excluding hydrogens is 406 g/mol. The molecule has 0 fully saturated rings. The third-order valence-electron chi connectivity index (χ3n) is 4.80. The van der Waals surface area contributed by atoms with Crippen LogP contribution in [0.3, 0.4) is 0 Å². The average molecular weight is 424 g/mol. The maximum absolute atomic E-state index is 12.8. The van der Waals surface area contributed by atoms with Crippen molar-refractivity contribution in [2.24, 2.45) is 0 Å². The SMILES string of the molecule is O=C(Nc1ccc(Cl)cc1)C1Cc2cc3c(cc2C(O)CS1(=O)=O)OCCO3. The maximum Gasteiger partial charge on any atom is 0.243 e. The minimum absolute atomic E-state index is 0.0647. The summed E-state index contributed by atoms with van der Waals surface area (Å²) in [5, 5.41) is 12.3. The van der Waals surface area contributed by atoms with Gasteiger partial charge < -0.3 is 19.9 Å². The Morgan fingerprint density at radius 1 is 1.11 bits per heavy atom. The van der Waals surface area contributed by atoms with Crippen molar-refractivity contribution in [3.05, 3.63) is 52.5 Å². The highest BCUT2D eigenvalue weighted by molar-refractivity contribution is 7.92. The fourth-order valence-corrected chi connectivity index (χ4v) is 5.19. The summed E-state index contributed by atoms with van der Waals surface area (Å²) in [6.45, 7) is 0.763. The summed E-state index contributed by atoms with van der Waals surface area (Å²) in [7, 11) is -3.90. The number of aliphatic hydroxyl groups excluding tert-OH is 1. The number of amides is 1. The smallest absolute Gasteiger partial charge is 0.243 e. The fourth-order valence-electron chi connectivity index (χ4n) is 3.40. The van der Waals surface area contributed by atoms with Crippen LogP contribution in [0.15, 0.2) is 36.4 Å². The van der Waals surface area contributed by atoms with E-state index in [1.54, 1.807) is 36.4 Å². The molecule has 0 spiro atoms. The minimum atomic E-state index is -3.90. The van der Waals surface area contributed by atoms with Gasteiger partial charge in [-0.3, -0.25) is 4.79 Å². The van der Waals surface area contributed by atoms with Crippen molar-refractivity contribution in [3.63, 3.8) is 0 Å². The van der Waals surface area contributed by atoms with Gasteiger partial charge in [0.1, 0.15) is 18.5 Å². The maximum atomic E-state index is 12.8. The molecule has 2 atom stereocenters. The summed E-state index contributed by atoms with van der Waals surface area (Å²) < 4.78 is 36.6. The van der Waals surface area contributed by atoms with E-state index >= 15 is 0 Å². The molecule has 2 aliphatic heterocycles. The van der Waals surface area contributed by atoms with Gasteiger partial charge in [-0.15, -0.1) is 0 Å². The predicted octanol–water partition coefficient (Wildman–Crippen LogP) is 2.12. The molecule has 2 N–H and O–H groups in total. The van der Waals surface area contributed by atoms with Gasteiger partial charge in [-0.25, -0.2) is 8.42 Å². The Bertz CT molecular complexity index is 1020. The topological polar surface area (TPSA) is 102 Å². The van der Waals surface area contributed by atoms with E-state index in [4.69, 9.17) is 21.1 Å². The molecule has 2 unspecified atom stereocenters. The second-order valence-electron chi connectivity index (χ2n) is 6.73. The summed E-state index contributed by atoms with van der Waals surface area (Å²) in [5.41, 5.74) is 1.43. The second kappa shape index (κ2) is 7.27. The normalized spacial score (nSPS) is 22.6. The zero-order chi connectivity index (χ0) is 19.9. The van der Waals surface area contributed by atoms with E-state index in [1.807, 2.05) is 0 Å². The third kappa shape index (κ3) is 3.67. The van der Waals surface area contributed by atoms with Gasteiger partial charge in [-0.1, -0.05) is 11.6 Å². The largest absolute Gasteiger partial charge is 0.486 e. The van der Waals surface area contributed by atoms with Crippen LogP contribution in [0.4, 0.5) is 5.69 Å². The zero-order valence-corrected chi connectivity index (χ0v) is 16.3. The van der Waals surface area contributed by atoms with E-state index in [0.29, 0.717) is 46.5 Å².